The molecule has 1 aromatic heterocycles. The average Bonchev–Trinajstić information content (AvgIpc) is 2.44. The molecule has 0 saturated carbocycles. The van der Waals surface area contributed by atoms with Gasteiger partial charge in [-0.25, -0.2) is 4.98 Å². The predicted octanol–water partition coefficient (Wildman–Crippen LogP) is 1.45. The largest absolute Gasteiger partial charge is 0.481 e. The number of carboxylic acid groups (broad SMARTS) is 1. The van der Waals surface area contributed by atoms with Gasteiger partial charge >= 0.3 is 5.97 Å². The second kappa shape index (κ2) is 8.20. The van der Waals surface area contributed by atoms with E-state index in [1.54, 1.807) is 0 Å². The van der Waals surface area contributed by atoms with E-state index in [1.165, 1.54) is 23.9 Å². The summed E-state index contributed by atoms with van der Waals surface area (Å²) >= 11 is 1.18. The molecule has 0 radical (unpaired) electrons. The topological polar surface area (TPSA) is 122 Å². The Morgan fingerprint density at radius 2 is 2.24 bits per heavy atom. The highest BCUT2D eigenvalue weighted by molar-refractivity contribution is 8.00. The molecule has 114 valence electrons. The highest BCUT2D eigenvalue weighted by Crippen LogP contribution is 2.25. The standard InChI is InChI=1S/C12H15N3O5S/c1-2-9(12(18)13-6-5-11(16)17)21-10-4-3-8(7-14-10)15(19)20/h3-4,7,9H,2,5-6H2,1H3,(H,13,18)(H,16,17). The Bertz CT molecular complexity index is 520. The Balaban J connectivity index is 2.58. The highest BCUT2D eigenvalue weighted by atomic mass is 32.2. The number of aromatic nitrogens is 1. The number of amides is 1. The number of hydrogen-bond acceptors (Lipinski definition) is 6. The van der Waals surface area contributed by atoms with Crippen molar-refractivity contribution in [2.45, 2.75) is 30.0 Å². The maximum Gasteiger partial charge on any atom is 0.305 e. The first-order chi connectivity index (χ1) is 9.93. The minimum atomic E-state index is -0.979. The Morgan fingerprint density at radius 3 is 2.71 bits per heavy atom. The molecule has 0 aliphatic carbocycles. The zero-order chi connectivity index (χ0) is 15.8. The van der Waals surface area contributed by atoms with Gasteiger partial charge in [0.15, 0.2) is 0 Å². The van der Waals surface area contributed by atoms with Gasteiger partial charge in [-0.05, 0) is 12.5 Å². The molecule has 0 aliphatic heterocycles. The number of aliphatic carboxylic acids is 1. The molecule has 1 atom stereocenters. The third-order valence-corrected chi connectivity index (χ3v) is 3.81. The SMILES string of the molecule is CCC(Sc1ccc([N+](=O)[O-])cn1)C(=O)NCCC(=O)O. The quantitative estimate of drug-likeness (QED) is 0.423. The molecule has 0 aromatic carbocycles. The molecule has 2 N–H and O–H groups in total. The van der Waals surface area contributed by atoms with Crippen LogP contribution in [-0.4, -0.2) is 38.7 Å². The van der Waals surface area contributed by atoms with Gasteiger partial charge in [-0.15, -0.1) is 0 Å². The Kier molecular flexibility index (Phi) is 6.60. The van der Waals surface area contributed by atoms with E-state index in [1.807, 2.05) is 6.92 Å². The van der Waals surface area contributed by atoms with Crippen molar-refractivity contribution < 1.29 is 19.6 Å². The van der Waals surface area contributed by atoms with Crippen LogP contribution in [0.4, 0.5) is 5.69 Å². The van der Waals surface area contributed by atoms with Gasteiger partial charge in [0.2, 0.25) is 5.91 Å². The number of carbonyl (C=O) groups excluding carboxylic acids is 1. The van der Waals surface area contributed by atoms with Crippen LogP contribution >= 0.6 is 11.8 Å². The van der Waals surface area contributed by atoms with Gasteiger partial charge in [0.1, 0.15) is 6.20 Å². The molecule has 1 aromatic rings. The molecule has 1 heterocycles. The summed E-state index contributed by atoms with van der Waals surface area (Å²) in [6, 6.07) is 2.81. The van der Waals surface area contributed by atoms with E-state index < -0.39 is 16.1 Å². The molecular weight excluding hydrogens is 298 g/mol. The number of carbonyl (C=O) groups is 2. The van der Waals surface area contributed by atoms with Crippen LogP contribution in [0.15, 0.2) is 23.4 Å². The molecule has 9 heteroatoms. The summed E-state index contributed by atoms with van der Waals surface area (Å²) in [7, 11) is 0. The summed E-state index contributed by atoms with van der Waals surface area (Å²) in [4.78, 5) is 36.2. The Hall–Kier alpha value is -2.16. The highest BCUT2D eigenvalue weighted by Gasteiger charge is 2.19. The fraction of sp³-hybridized carbons (Fsp3) is 0.417. The minimum absolute atomic E-state index is 0.0684. The second-order valence-electron chi connectivity index (χ2n) is 4.06. The van der Waals surface area contributed by atoms with E-state index in [0.717, 1.165) is 6.20 Å². The van der Waals surface area contributed by atoms with Crippen LogP contribution in [0.25, 0.3) is 0 Å². The van der Waals surface area contributed by atoms with E-state index in [2.05, 4.69) is 10.3 Å². The lowest BCUT2D eigenvalue weighted by Gasteiger charge is -2.13. The molecule has 0 aliphatic rings. The third-order valence-electron chi connectivity index (χ3n) is 2.50. The van der Waals surface area contributed by atoms with Gasteiger partial charge < -0.3 is 10.4 Å². The van der Waals surface area contributed by atoms with Gasteiger partial charge in [0.05, 0.1) is 21.6 Å². The van der Waals surface area contributed by atoms with Crippen molar-refractivity contribution in [3.8, 4) is 0 Å². The van der Waals surface area contributed by atoms with Crippen LogP contribution < -0.4 is 5.32 Å². The number of rotatable bonds is 8. The normalized spacial score (nSPS) is 11.7. The van der Waals surface area contributed by atoms with Crippen LogP contribution in [0.5, 0.6) is 0 Å². The summed E-state index contributed by atoms with van der Waals surface area (Å²) in [5.74, 6) is -1.25. The molecule has 8 nitrogen and oxygen atoms in total. The fourth-order valence-corrected chi connectivity index (χ4v) is 2.33. The predicted molar refractivity (Wildman–Crippen MR) is 76.1 cm³/mol. The van der Waals surface area contributed by atoms with Crippen molar-refractivity contribution in [2.75, 3.05) is 6.54 Å². The third kappa shape index (κ3) is 5.78. The molecule has 1 rings (SSSR count). The summed E-state index contributed by atoms with van der Waals surface area (Å²) in [5, 5.41) is 21.6. The minimum Gasteiger partial charge on any atom is -0.481 e. The van der Waals surface area contributed by atoms with Gasteiger partial charge in [0, 0.05) is 12.6 Å². The number of nitro groups is 1. The first-order valence-electron chi connectivity index (χ1n) is 6.20. The van der Waals surface area contributed by atoms with Crippen LogP contribution in [0.1, 0.15) is 19.8 Å². The van der Waals surface area contributed by atoms with Crippen LogP contribution in [-0.2, 0) is 9.59 Å². The molecule has 0 bridgehead atoms. The van der Waals surface area contributed by atoms with Crippen molar-refractivity contribution in [3.63, 3.8) is 0 Å². The monoisotopic (exact) mass is 313 g/mol. The first-order valence-corrected chi connectivity index (χ1v) is 7.08. The molecule has 21 heavy (non-hydrogen) atoms. The van der Waals surface area contributed by atoms with E-state index in [0.29, 0.717) is 11.4 Å². The lowest BCUT2D eigenvalue weighted by Crippen LogP contribution is -2.33. The smallest absolute Gasteiger partial charge is 0.305 e. The summed E-state index contributed by atoms with van der Waals surface area (Å²) in [6.45, 7) is 1.89. The van der Waals surface area contributed by atoms with Gasteiger partial charge in [-0.3, -0.25) is 19.7 Å². The van der Waals surface area contributed by atoms with E-state index in [9.17, 15) is 19.7 Å². The number of nitrogens with zero attached hydrogens (tertiary/aromatic N) is 2. The Labute approximate surface area is 125 Å². The van der Waals surface area contributed by atoms with Crippen LogP contribution in [0.3, 0.4) is 0 Å². The second-order valence-corrected chi connectivity index (χ2v) is 5.28. The molecule has 0 spiro atoms. The van der Waals surface area contributed by atoms with Crippen LogP contribution in [0.2, 0.25) is 0 Å². The van der Waals surface area contributed by atoms with Crippen molar-refractivity contribution >= 4 is 29.3 Å². The van der Waals surface area contributed by atoms with E-state index in [-0.39, 0.29) is 24.6 Å². The van der Waals surface area contributed by atoms with E-state index >= 15 is 0 Å². The number of nitrogens with one attached hydrogen (secondary N) is 1. The lowest BCUT2D eigenvalue weighted by molar-refractivity contribution is -0.385. The number of thioether (sulfide) groups is 1. The average molecular weight is 313 g/mol. The molecular formula is C12H15N3O5S. The zero-order valence-corrected chi connectivity index (χ0v) is 12.1. The van der Waals surface area contributed by atoms with Crippen LogP contribution in [0, 0.1) is 10.1 Å². The summed E-state index contributed by atoms with van der Waals surface area (Å²) in [6.07, 6.45) is 1.53. The number of carboxylic acids is 1. The van der Waals surface area contributed by atoms with Crippen molar-refractivity contribution in [3.05, 3.63) is 28.4 Å². The van der Waals surface area contributed by atoms with E-state index in [4.69, 9.17) is 5.11 Å². The van der Waals surface area contributed by atoms with Crippen molar-refractivity contribution in [1.29, 1.82) is 0 Å². The molecule has 1 unspecified atom stereocenters. The number of hydrogen-bond donors (Lipinski definition) is 2. The lowest BCUT2D eigenvalue weighted by atomic mass is 10.3. The van der Waals surface area contributed by atoms with Gasteiger partial charge in [-0.2, -0.15) is 0 Å². The van der Waals surface area contributed by atoms with Crippen molar-refractivity contribution in [2.24, 2.45) is 0 Å². The Morgan fingerprint density at radius 1 is 1.52 bits per heavy atom. The summed E-state index contributed by atoms with van der Waals surface area (Å²) in [5.41, 5.74) is -0.113. The summed E-state index contributed by atoms with van der Waals surface area (Å²) < 4.78 is 0. The molecule has 1 amide bonds. The first kappa shape index (κ1) is 16.9. The fourth-order valence-electron chi connectivity index (χ4n) is 1.42. The zero-order valence-electron chi connectivity index (χ0n) is 11.3. The maximum atomic E-state index is 11.9. The van der Waals surface area contributed by atoms with Crippen molar-refractivity contribution in [1.82, 2.24) is 10.3 Å². The number of pyridine rings is 1. The molecule has 0 fully saturated rings. The molecule has 0 saturated heterocycles. The maximum absolute atomic E-state index is 11.9. The van der Waals surface area contributed by atoms with Gasteiger partial charge in [0.25, 0.3) is 5.69 Å². The van der Waals surface area contributed by atoms with Gasteiger partial charge in [-0.1, -0.05) is 18.7 Å².